The van der Waals surface area contributed by atoms with Gasteiger partial charge in [-0.2, -0.15) is 0 Å². The number of amides is 4. The Kier molecular flexibility index (Phi) is 5.23. The molecule has 11 heteroatoms. The summed E-state index contributed by atoms with van der Waals surface area (Å²) in [5.41, 5.74) is 0.0741. The molecule has 6 rings (SSSR count). The van der Waals surface area contributed by atoms with Crippen LogP contribution in [0.1, 0.15) is 25.0 Å². The number of carbonyl (C=O) groups is 3. The molecule has 2 fully saturated rings. The maximum Gasteiger partial charge on any atom is 0.328 e. The highest BCUT2D eigenvalue weighted by molar-refractivity contribution is 6.20. The molecule has 3 atom stereocenters. The fourth-order valence-electron chi connectivity index (χ4n) is 6.14. The summed E-state index contributed by atoms with van der Waals surface area (Å²) in [6.07, 6.45) is -1.00. The lowest BCUT2D eigenvalue weighted by atomic mass is 9.66. The molecule has 0 saturated carbocycles. The number of hydrogen-bond donors (Lipinski definition) is 2. The van der Waals surface area contributed by atoms with Crippen LogP contribution in [0.5, 0.6) is 0 Å². The smallest absolute Gasteiger partial charge is 0.328 e. The highest BCUT2D eigenvalue weighted by Crippen LogP contribution is 2.49. The van der Waals surface area contributed by atoms with Gasteiger partial charge in [-0.3, -0.25) is 20.2 Å². The second kappa shape index (κ2) is 8.27. The van der Waals surface area contributed by atoms with E-state index in [1.54, 1.807) is 17.9 Å². The summed E-state index contributed by atoms with van der Waals surface area (Å²) in [6.45, 7) is 4.35. The Morgan fingerprint density at radius 3 is 2.57 bits per heavy atom. The Balaban J connectivity index is 1.51. The SMILES string of the molecule is C[C@@H]1CN2c3c(cc4c(N(C)Cc5ccccc5)noc4c3F)CC3(C(=O)NC(=O)NC3=O)[C@H]2[C@H](C)O1. The molecule has 0 radical (unpaired) electrons. The number of imide groups is 2. The third-order valence-corrected chi connectivity index (χ3v) is 7.57. The fourth-order valence-corrected chi connectivity index (χ4v) is 6.14. The van der Waals surface area contributed by atoms with Crippen molar-refractivity contribution in [3.05, 3.63) is 53.3 Å². The normalized spacial score (nSPS) is 24.5. The van der Waals surface area contributed by atoms with Crippen molar-refractivity contribution in [2.24, 2.45) is 5.41 Å². The van der Waals surface area contributed by atoms with Gasteiger partial charge in [-0.1, -0.05) is 35.5 Å². The van der Waals surface area contributed by atoms with Crippen LogP contribution in [0.25, 0.3) is 11.0 Å². The van der Waals surface area contributed by atoms with Gasteiger partial charge in [-0.15, -0.1) is 0 Å². The third-order valence-electron chi connectivity index (χ3n) is 7.57. The molecule has 192 valence electrons. The molecule has 2 aromatic carbocycles. The molecule has 1 aromatic heterocycles. The van der Waals surface area contributed by atoms with Crippen molar-refractivity contribution in [3.8, 4) is 0 Å². The van der Waals surface area contributed by atoms with Crippen LogP contribution in [-0.4, -0.2) is 54.8 Å². The number of carbonyl (C=O) groups excluding carboxylic acids is 3. The minimum atomic E-state index is -1.69. The lowest BCUT2D eigenvalue weighted by molar-refractivity contribution is -0.153. The minimum absolute atomic E-state index is 0.00267. The van der Waals surface area contributed by atoms with Gasteiger partial charge >= 0.3 is 6.03 Å². The van der Waals surface area contributed by atoms with Crippen LogP contribution < -0.4 is 20.4 Å². The lowest BCUT2D eigenvalue weighted by Crippen LogP contribution is -2.75. The largest absolute Gasteiger partial charge is 0.372 e. The second-order valence-electron chi connectivity index (χ2n) is 10.1. The van der Waals surface area contributed by atoms with Crippen molar-refractivity contribution in [2.75, 3.05) is 23.4 Å². The van der Waals surface area contributed by atoms with Crippen molar-refractivity contribution in [2.45, 2.75) is 45.1 Å². The summed E-state index contributed by atoms with van der Waals surface area (Å²) in [5, 5.41) is 9.09. The predicted molar refractivity (Wildman–Crippen MR) is 131 cm³/mol. The van der Waals surface area contributed by atoms with Crippen LogP contribution in [0.4, 0.5) is 20.7 Å². The van der Waals surface area contributed by atoms with Crippen molar-refractivity contribution < 1.29 is 28.0 Å². The van der Waals surface area contributed by atoms with Gasteiger partial charge < -0.3 is 19.1 Å². The van der Waals surface area contributed by atoms with Gasteiger partial charge in [-0.25, -0.2) is 9.18 Å². The van der Waals surface area contributed by atoms with Crippen LogP contribution in [0.15, 0.2) is 40.9 Å². The molecule has 0 unspecified atom stereocenters. The van der Waals surface area contributed by atoms with Crippen molar-refractivity contribution >= 4 is 40.3 Å². The number of nitrogens with zero attached hydrogens (tertiary/aromatic N) is 3. The predicted octanol–water partition coefficient (Wildman–Crippen LogP) is 2.49. The van der Waals surface area contributed by atoms with E-state index in [1.165, 1.54) is 0 Å². The summed E-state index contributed by atoms with van der Waals surface area (Å²) >= 11 is 0. The molecule has 3 aliphatic rings. The van der Waals surface area contributed by atoms with E-state index in [-0.39, 0.29) is 30.3 Å². The fraction of sp³-hybridized carbons (Fsp3) is 0.385. The van der Waals surface area contributed by atoms with Gasteiger partial charge in [0.05, 0.1) is 29.3 Å². The standard InChI is InChI=1S/C26H26FN5O5/c1-13-11-32-19-16(10-26(21(32)14(2)36-13)23(33)28-25(35)29-24(26)34)9-17-20(18(19)27)37-30-22(17)31(3)12-15-7-5-4-6-8-15/h4-9,13-14,21H,10-12H2,1-3H3,(H2,28,29,33,34,35)/t13-,14+,21-/m1/s1. The van der Waals surface area contributed by atoms with Crippen molar-refractivity contribution in [1.29, 1.82) is 0 Å². The van der Waals surface area contributed by atoms with E-state index in [2.05, 4.69) is 15.8 Å². The summed E-state index contributed by atoms with van der Waals surface area (Å²) < 4.78 is 27.7. The first-order valence-corrected chi connectivity index (χ1v) is 12.2. The zero-order valence-corrected chi connectivity index (χ0v) is 20.6. The van der Waals surface area contributed by atoms with Crippen molar-refractivity contribution in [3.63, 3.8) is 0 Å². The molecule has 3 aromatic rings. The molecule has 3 aliphatic heterocycles. The van der Waals surface area contributed by atoms with E-state index in [0.29, 0.717) is 23.3 Å². The van der Waals surface area contributed by atoms with E-state index < -0.39 is 41.2 Å². The van der Waals surface area contributed by atoms with E-state index >= 15 is 4.39 Å². The molecule has 4 heterocycles. The number of barbiturate groups is 1. The van der Waals surface area contributed by atoms with Crippen LogP contribution in [0.3, 0.4) is 0 Å². The molecule has 10 nitrogen and oxygen atoms in total. The maximum absolute atomic E-state index is 16.2. The van der Waals surface area contributed by atoms with Gasteiger partial charge in [0, 0.05) is 26.6 Å². The Morgan fingerprint density at radius 2 is 1.86 bits per heavy atom. The molecule has 1 spiro atoms. The number of rotatable bonds is 3. The Morgan fingerprint density at radius 1 is 1.16 bits per heavy atom. The Labute approximate surface area is 211 Å². The zero-order chi connectivity index (χ0) is 26.1. The molecule has 2 N–H and O–H groups in total. The van der Waals surface area contributed by atoms with Gasteiger partial charge in [0.15, 0.2) is 17.1 Å². The summed E-state index contributed by atoms with van der Waals surface area (Å²) in [7, 11) is 1.83. The zero-order valence-electron chi connectivity index (χ0n) is 20.6. The number of morpholine rings is 1. The number of halogens is 1. The highest BCUT2D eigenvalue weighted by atomic mass is 19.1. The number of nitrogens with one attached hydrogen (secondary N) is 2. The van der Waals surface area contributed by atoms with Gasteiger partial charge in [0.2, 0.25) is 17.4 Å². The number of benzene rings is 2. The summed E-state index contributed by atoms with van der Waals surface area (Å²) in [6, 6.07) is 9.79. The quantitative estimate of drug-likeness (QED) is 0.520. The van der Waals surface area contributed by atoms with Gasteiger partial charge in [0.1, 0.15) is 0 Å². The maximum atomic E-state index is 16.2. The van der Waals surface area contributed by atoms with Crippen LogP contribution >= 0.6 is 0 Å². The molecule has 0 bridgehead atoms. The topological polar surface area (TPSA) is 117 Å². The lowest BCUT2D eigenvalue weighted by Gasteiger charge is -2.55. The van der Waals surface area contributed by atoms with Crippen LogP contribution in [0.2, 0.25) is 0 Å². The van der Waals surface area contributed by atoms with Gasteiger partial charge in [-0.05, 0) is 31.0 Å². The summed E-state index contributed by atoms with van der Waals surface area (Å²) in [4.78, 5) is 42.2. The molecule has 4 amide bonds. The first-order chi connectivity index (χ1) is 17.7. The average molecular weight is 508 g/mol. The first kappa shape index (κ1) is 23.4. The number of urea groups is 1. The van der Waals surface area contributed by atoms with E-state index in [9.17, 15) is 14.4 Å². The molecular weight excluding hydrogens is 481 g/mol. The molecule has 2 saturated heterocycles. The van der Waals surface area contributed by atoms with Gasteiger partial charge in [0.25, 0.3) is 0 Å². The molecule has 37 heavy (non-hydrogen) atoms. The minimum Gasteiger partial charge on any atom is -0.372 e. The van der Waals surface area contributed by atoms with E-state index in [0.717, 1.165) is 5.56 Å². The van der Waals surface area contributed by atoms with Crippen LogP contribution in [-0.2, 0) is 27.3 Å². The third kappa shape index (κ3) is 3.41. The number of aromatic nitrogens is 1. The molecular formula is C26H26FN5O5. The number of anilines is 2. The van der Waals surface area contributed by atoms with Crippen molar-refractivity contribution in [1.82, 2.24) is 15.8 Å². The second-order valence-corrected chi connectivity index (χ2v) is 10.1. The first-order valence-electron chi connectivity index (χ1n) is 12.2. The highest BCUT2D eigenvalue weighted by Gasteiger charge is 2.63. The monoisotopic (exact) mass is 507 g/mol. The van der Waals surface area contributed by atoms with Crippen LogP contribution in [0, 0.1) is 11.2 Å². The van der Waals surface area contributed by atoms with E-state index in [4.69, 9.17) is 9.26 Å². The molecule has 0 aliphatic carbocycles. The summed E-state index contributed by atoms with van der Waals surface area (Å²) in [5.74, 6) is -1.61. The number of ether oxygens (including phenoxy) is 1. The Hall–Kier alpha value is -3.99. The average Bonchev–Trinajstić information content (AvgIpc) is 3.27. The number of fused-ring (bicyclic) bond motifs is 5. The Bertz CT molecular complexity index is 1420. The number of hydrogen-bond acceptors (Lipinski definition) is 8. The van der Waals surface area contributed by atoms with E-state index in [1.807, 2.05) is 49.2 Å².